The standard InChI is InChI=1S/C16H23NOS/c1-17-16(15-11-19-9-8-18-15)14-7-3-6-13(10-14)12-4-2-5-12/h3,6-7,10,12,15-17H,2,4-5,8-9,11H2,1H3. The molecule has 0 bridgehead atoms. The zero-order valence-corrected chi connectivity index (χ0v) is 12.4. The van der Waals surface area contributed by atoms with Crippen LogP contribution in [0.5, 0.6) is 0 Å². The lowest BCUT2D eigenvalue weighted by atomic mass is 9.79. The lowest BCUT2D eigenvalue weighted by molar-refractivity contribution is 0.0488. The van der Waals surface area contributed by atoms with Crippen molar-refractivity contribution in [3.05, 3.63) is 35.4 Å². The number of benzene rings is 1. The highest BCUT2D eigenvalue weighted by Crippen LogP contribution is 2.37. The predicted molar refractivity (Wildman–Crippen MR) is 81.9 cm³/mol. The summed E-state index contributed by atoms with van der Waals surface area (Å²) in [5.74, 6) is 3.04. The Labute approximate surface area is 120 Å². The van der Waals surface area contributed by atoms with E-state index in [4.69, 9.17) is 4.74 Å². The van der Waals surface area contributed by atoms with Gasteiger partial charge in [-0.1, -0.05) is 30.7 Å². The summed E-state index contributed by atoms with van der Waals surface area (Å²) < 4.78 is 5.94. The normalized spacial score (nSPS) is 25.8. The minimum atomic E-state index is 0.306. The Morgan fingerprint density at radius 1 is 1.37 bits per heavy atom. The van der Waals surface area contributed by atoms with Gasteiger partial charge in [-0.25, -0.2) is 0 Å². The van der Waals surface area contributed by atoms with Crippen LogP contribution in [0.15, 0.2) is 24.3 Å². The van der Waals surface area contributed by atoms with E-state index in [-0.39, 0.29) is 0 Å². The molecule has 104 valence electrons. The van der Waals surface area contributed by atoms with Gasteiger partial charge in [0.15, 0.2) is 0 Å². The molecule has 2 unspecified atom stereocenters. The number of thioether (sulfide) groups is 1. The maximum atomic E-state index is 5.94. The van der Waals surface area contributed by atoms with Crippen molar-refractivity contribution in [3.63, 3.8) is 0 Å². The second-order valence-electron chi connectivity index (χ2n) is 5.55. The molecular formula is C16H23NOS. The van der Waals surface area contributed by atoms with Gasteiger partial charge in [-0.2, -0.15) is 11.8 Å². The van der Waals surface area contributed by atoms with Gasteiger partial charge in [0.1, 0.15) is 0 Å². The Bertz CT molecular complexity index is 413. The number of rotatable bonds is 4. The van der Waals surface area contributed by atoms with Crippen LogP contribution in [0.4, 0.5) is 0 Å². The molecule has 1 N–H and O–H groups in total. The molecule has 1 heterocycles. The fraction of sp³-hybridized carbons (Fsp3) is 0.625. The fourth-order valence-corrected chi connectivity index (χ4v) is 3.92. The minimum Gasteiger partial charge on any atom is -0.375 e. The molecule has 1 aliphatic heterocycles. The molecule has 0 amide bonds. The van der Waals surface area contributed by atoms with Gasteiger partial charge in [-0.05, 0) is 36.9 Å². The van der Waals surface area contributed by atoms with Crippen LogP contribution >= 0.6 is 11.8 Å². The number of hydrogen-bond acceptors (Lipinski definition) is 3. The molecule has 2 fully saturated rings. The number of ether oxygens (including phenoxy) is 1. The van der Waals surface area contributed by atoms with Crippen LogP contribution in [0.1, 0.15) is 42.3 Å². The molecule has 1 aromatic carbocycles. The first-order valence-electron chi connectivity index (χ1n) is 7.35. The van der Waals surface area contributed by atoms with E-state index >= 15 is 0 Å². The highest BCUT2D eigenvalue weighted by molar-refractivity contribution is 7.99. The van der Waals surface area contributed by atoms with Crippen molar-refractivity contribution in [1.29, 1.82) is 0 Å². The molecule has 1 aromatic rings. The van der Waals surface area contributed by atoms with Crippen molar-refractivity contribution in [2.24, 2.45) is 0 Å². The van der Waals surface area contributed by atoms with Gasteiger partial charge in [-0.15, -0.1) is 0 Å². The third-order valence-corrected chi connectivity index (χ3v) is 5.39. The largest absolute Gasteiger partial charge is 0.375 e. The monoisotopic (exact) mass is 277 g/mol. The maximum Gasteiger partial charge on any atom is 0.0860 e. The van der Waals surface area contributed by atoms with Crippen molar-refractivity contribution in [2.45, 2.75) is 37.3 Å². The Morgan fingerprint density at radius 2 is 2.26 bits per heavy atom. The van der Waals surface area contributed by atoms with E-state index in [0.717, 1.165) is 24.0 Å². The van der Waals surface area contributed by atoms with Crippen LogP contribution in [-0.4, -0.2) is 31.3 Å². The summed E-state index contributed by atoms with van der Waals surface area (Å²) in [4.78, 5) is 0. The van der Waals surface area contributed by atoms with Gasteiger partial charge >= 0.3 is 0 Å². The smallest absolute Gasteiger partial charge is 0.0860 e. The van der Waals surface area contributed by atoms with Gasteiger partial charge in [0.25, 0.3) is 0 Å². The van der Waals surface area contributed by atoms with Gasteiger partial charge in [0.05, 0.1) is 18.8 Å². The molecule has 19 heavy (non-hydrogen) atoms. The van der Waals surface area contributed by atoms with Crippen molar-refractivity contribution in [1.82, 2.24) is 5.32 Å². The average Bonchev–Trinajstić information content (AvgIpc) is 2.39. The second-order valence-corrected chi connectivity index (χ2v) is 6.70. The van der Waals surface area contributed by atoms with Crippen molar-refractivity contribution < 1.29 is 4.74 Å². The zero-order valence-electron chi connectivity index (χ0n) is 11.6. The highest BCUT2D eigenvalue weighted by Gasteiger charge is 2.26. The first kappa shape index (κ1) is 13.5. The zero-order chi connectivity index (χ0) is 13.1. The first-order chi connectivity index (χ1) is 9.38. The number of hydrogen-bond donors (Lipinski definition) is 1. The van der Waals surface area contributed by atoms with Crippen molar-refractivity contribution >= 4 is 11.8 Å². The Kier molecular flexibility index (Phi) is 4.46. The molecule has 2 nitrogen and oxygen atoms in total. The van der Waals surface area contributed by atoms with Gasteiger partial charge in [0.2, 0.25) is 0 Å². The number of nitrogens with one attached hydrogen (secondary N) is 1. The van der Waals surface area contributed by atoms with Gasteiger partial charge in [0, 0.05) is 11.5 Å². The summed E-state index contributed by atoms with van der Waals surface area (Å²) in [7, 11) is 2.04. The maximum absolute atomic E-state index is 5.94. The molecule has 0 aromatic heterocycles. The molecule has 3 rings (SSSR count). The molecule has 1 saturated carbocycles. The summed E-state index contributed by atoms with van der Waals surface area (Å²) in [5.41, 5.74) is 2.91. The molecule has 2 aliphatic rings. The quantitative estimate of drug-likeness (QED) is 0.912. The summed E-state index contributed by atoms with van der Waals surface area (Å²) in [6, 6.07) is 9.46. The van der Waals surface area contributed by atoms with E-state index in [1.54, 1.807) is 0 Å². The van der Waals surface area contributed by atoms with Crippen LogP contribution < -0.4 is 5.32 Å². The first-order valence-corrected chi connectivity index (χ1v) is 8.50. The molecule has 1 aliphatic carbocycles. The van der Waals surface area contributed by atoms with Crippen LogP contribution in [0.3, 0.4) is 0 Å². The van der Waals surface area contributed by atoms with E-state index in [9.17, 15) is 0 Å². The summed E-state index contributed by atoms with van der Waals surface area (Å²) in [6.45, 7) is 0.885. The van der Waals surface area contributed by atoms with Gasteiger partial charge < -0.3 is 10.1 Å². The van der Waals surface area contributed by atoms with Crippen LogP contribution in [0.2, 0.25) is 0 Å². The topological polar surface area (TPSA) is 21.3 Å². The molecule has 1 saturated heterocycles. The van der Waals surface area contributed by atoms with E-state index < -0.39 is 0 Å². The Hall–Kier alpha value is -0.510. The van der Waals surface area contributed by atoms with Gasteiger partial charge in [-0.3, -0.25) is 0 Å². The fourth-order valence-electron chi connectivity index (χ4n) is 3.01. The molecule has 0 spiro atoms. The van der Waals surface area contributed by atoms with Crippen molar-refractivity contribution in [2.75, 3.05) is 25.2 Å². The van der Waals surface area contributed by atoms with Crippen LogP contribution in [0, 0.1) is 0 Å². The van der Waals surface area contributed by atoms with E-state index in [2.05, 4.69) is 29.6 Å². The number of likely N-dealkylation sites (N-methyl/N-ethyl adjacent to an activating group) is 1. The third kappa shape index (κ3) is 2.99. The van der Waals surface area contributed by atoms with Crippen molar-refractivity contribution in [3.8, 4) is 0 Å². The summed E-state index contributed by atoms with van der Waals surface area (Å²) >= 11 is 2.00. The summed E-state index contributed by atoms with van der Waals surface area (Å²) in [6.07, 6.45) is 4.43. The van der Waals surface area contributed by atoms with E-state index in [0.29, 0.717) is 12.1 Å². The predicted octanol–water partition coefficient (Wildman–Crippen LogP) is 3.35. The minimum absolute atomic E-state index is 0.306. The third-order valence-electron chi connectivity index (χ3n) is 4.37. The lowest BCUT2D eigenvalue weighted by Gasteiger charge is -2.31. The summed E-state index contributed by atoms with van der Waals surface area (Å²) in [5, 5.41) is 3.45. The second kappa shape index (κ2) is 6.29. The molecular weight excluding hydrogens is 254 g/mol. The Morgan fingerprint density at radius 3 is 2.89 bits per heavy atom. The molecule has 3 heteroatoms. The lowest BCUT2D eigenvalue weighted by Crippen LogP contribution is -2.36. The van der Waals surface area contributed by atoms with E-state index in [1.807, 2.05) is 18.8 Å². The highest BCUT2D eigenvalue weighted by atomic mass is 32.2. The van der Waals surface area contributed by atoms with Crippen LogP contribution in [0.25, 0.3) is 0 Å². The van der Waals surface area contributed by atoms with E-state index in [1.165, 1.54) is 30.4 Å². The SMILES string of the molecule is CNC(c1cccc(C2CCC2)c1)C1CSCCO1. The average molecular weight is 277 g/mol. The van der Waals surface area contributed by atoms with Crippen LogP contribution in [-0.2, 0) is 4.74 Å². The Balaban J connectivity index is 1.77. The molecule has 0 radical (unpaired) electrons. The molecule has 2 atom stereocenters.